The van der Waals surface area contributed by atoms with Gasteiger partial charge in [0, 0.05) is 6.54 Å². The molecule has 0 aromatic heterocycles. The van der Waals surface area contributed by atoms with Crippen LogP contribution in [0.1, 0.15) is 46.1 Å². The molecule has 1 aromatic rings. The minimum absolute atomic E-state index is 0.699. The third-order valence-corrected chi connectivity index (χ3v) is 3.11. The Morgan fingerprint density at radius 1 is 0.947 bits per heavy atom. The summed E-state index contributed by atoms with van der Waals surface area (Å²) in [7, 11) is 0. The second-order valence-corrected chi connectivity index (χ2v) is 6.03. The minimum atomic E-state index is 0.699. The fraction of sp³-hybridized carbons (Fsp3) is 0.647. The number of hydrogen-bond donors (Lipinski definition) is 1. The maximum absolute atomic E-state index is 5.71. The van der Waals surface area contributed by atoms with Crippen LogP contribution in [0.25, 0.3) is 0 Å². The molecular weight excluding hydrogens is 234 g/mol. The van der Waals surface area contributed by atoms with Crippen molar-refractivity contribution in [2.24, 2.45) is 11.8 Å². The van der Waals surface area contributed by atoms with E-state index in [-0.39, 0.29) is 0 Å². The molecule has 0 unspecified atom stereocenters. The van der Waals surface area contributed by atoms with Crippen molar-refractivity contribution in [1.82, 2.24) is 5.32 Å². The first kappa shape index (κ1) is 16.0. The summed E-state index contributed by atoms with van der Waals surface area (Å²) in [6.07, 6.45) is 2.34. The first-order valence-electron chi connectivity index (χ1n) is 7.50. The van der Waals surface area contributed by atoms with Gasteiger partial charge in [-0.15, -0.1) is 0 Å². The lowest BCUT2D eigenvalue weighted by molar-refractivity contribution is 0.289. The third-order valence-electron chi connectivity index (χ3n) is 3.11. The molecule has 19 heavy (non-hydrogen) atoms. The number of rotatable bonds is 9. The quantitative estimate of drug-likeness (QED) is 0.673. The van der Waals surface area contributed by atoms with Gasteiger partial charge in [-0.25, -0.2) is 0 Å². The minimum Gasteiger partial charge on any atom is -0.494 e. The Labute approximate surface area is 118 Å². The summed E-state index contributed by atoms with van der Waals surface area (Å²) in [6, 6.07) is 8.43. The molecule has 1 rings (SSSR count). The molecule has 0 atom stereocenters. The Kier molecular flexibility index (Phi) is 7.57. The van der Waals surface area contributed by atoms with E-state index in [1.165, 1.54) is 12.0 Å². The van der Waals surface area contributed by atoms with Crippen LogP contribution in [-0.4, -0.2) is 13.2 Å². The van der Waals surface area contributed by atoms with Crippen molar-refractivity contribution in [3.8, 4) is 5.75 Å². The third kappa shape index (κ3) is 7.89. The first-order chi connectivity index (χ1) is 9.08. The van der Waals surface area contributed by atoms with E-state index in [2.05, 4.69) is 57.3 Å². The second kappa shape index (κ2) is 8.98. The number of benzene rings is 1. The maximum atomic E-state index is 5.71. The zero-order valence-electron chi connectivity index (χ0n) is 12.9. The van der Waals surface area contributed by atoms with Crippen molar-refractivity contribution in [2.75, 3.05) is 13.2 Å². The summed E-state index contributed by atoms with van der Waals surface area (Å²) in [5, 5.41) is 3.47. The fourth-order valence-corrected chi connectivity index (χ4v) is 1.74. The molecule has 0 fully saturated rings. The predicted molar refractivity (Wildman–Crippen MR) is 82.6 cm³/mol. The van der Waals surface area contributed by atoms with Crippen molar-refractivity contribution >= 4 is 0 Å². The van der Waals surface area contributed by atoms with Gasteiger partial charge in [-0.05, 0) is 48.9 Å². The standard InChI is InChI=1S/C17H29NO/c1-14(2)9-11-18-13-16-5-7-17(8-6-16)19-12-10-15(3)4/h5-8,14-15,18H,9-13H2,1-4H3. The van der Waals surface area contributed by atoms with Crippen LogP contribution < -0.4 is 10.1 Å². The van der Waals surface area contributed by atoms with Gasteiger partial charge in [0.05, 0.1) is 6.61 Å². The Morgan fingerprint density at radius 2 is 1.58 bits per heavy atom. The van der Waals surface area contributed by atoms with Crippen LogP contribution in [0, 0.1) is 11.8 Å². The molecule has 0 spiro atoms. The molecule has 0 saturated heterocycles. The van der Waals surface area contributed by atoms with Crippen LogP contribution in [0.2, 0.25) is 0 Å². The topological polar surface area (TPSA) is 21.3 Å². The highest BCUT2D eigenvalue weighted by molar-refractivity contribution is 5.27. The Morgan fingerprint density at radius 3 is 2.16 bits per heavy atom. The molecule has 2 nitrogen and oxygen atoms in total. The number of ether oxygens (including phenoxy) is 1. The van der Waals surface area contributed by atoms with Crippen LogP contribution in [0.3, 0.4) is 0 Å². The lowest BCUT2D eigenvalue weighted by atomic mass is 10.1. The summed E-state index contributed by atoms with van der Waals surface area (Å²) in [5.41, 5.74) is 1.32. The van der Waals surface area contributed by atoms with Gasteiger partial charge in [-0.1, -0.05) is 39.8 Å². The molecular formula is C17H29NO. The molecule has 0 amide bonds. The zero-order valence-corrected chi connectivity index (χ0v) is 12.9. The van der Waals surface area contributed by atoms with Crippen LogP contribution in [-0.2, 0) is 6.54 Å². The normalized spacial score (nSPS) is 11.3. The average Bonchev–Trinajstić information content (AvgIpc) is 2.36. The van der Waals surface area contributed by atoms with Crippen LogP contribution in [0.5, 0.6) is 5.75 Å². The van der Waals surface area contributed by atoms with Gasteiger partial charge in [0.25, 0.3) is 0 Å². The number of nitrogens with one attached hydrogen (secondary N) is 1. The highest BCUT2D eigenvalue weighted by atomic mass is 16.5. The van der Waals surface area contributed by atoms with Gasteiger partial charge < -0.3 is 10.1 Å². The van der Waals surface area contributed by atoms with Gasteiger partial charge in [0.2, 0.25) is 0 Å². The van der Waals surface area contributed by atoms with E-state index in [1.807, 2.05) is 0 Å². The maximum Gasteiger partial charge on any atom is 0.119 e. The van der Waals surface area contributed by atoms with Gasteiger partial charge in [-0.3, -0.25) is 0 Å². The monoisotopic (exact) mass is 263 g/mol. The van der Waals surface area contributed by atoms with Gasteiger partial charge >= 0.3 is 0 Å². The smallest absolute Gasteiger partial charge is 0.119 e. The van der Waals surface area contributed by atoms with Crippen LogP contribution in [0.4, 0.5) is 0 Å². The Hall–Kier alpha value is -1.02. The average molecular weight is 263 g/mol. The van der Waals surface area contributed by atoms with E-state index in [1.54, 1.807) is 0 Å². The largest absolute Gasteiger partial charge is 0.494 e. The highest BCUT2D eigenvalue weighted by Crippen LogP contribution is 2.13. The molecule has 2 heteroatoms. The summed E-state index contributed by atoms with van der Waals surface area (Å²) in [6.45, 7) is 11.8. The van der Waals surface area contributed by atoms with Crippen molar-refractivity contribution in [3.05, 3.63) is 29.8 Å². The lowest BCUT2D eigenvalue weighted by Crippen LogP contribution is -2.16. The van der Waals surface area contributed by atoms with E-state index in [9.17, 15) is 0 Å². The molecule has 0 bridgehead atoms. The zero-order chi connectivity index (χ0) is 14.1. The fourth-order valence-electron chi connectivity index (χ4n) is 1.74. The summed E-state index contributed by atoms with van der Waals surface area (Å²) in [4.78, 5) is 0. The van der Waals surface area contributed by atoms with E-state index < -0.39 is 0 Å². The van der Waals surface area contributed by atoms with Crippen molar-refractivity contribution in [3.63, 3.8) is 0 Å². The highest BCUT2D eigenvalue weighted by Gasteiger charge is 1.98. The molecule has 0 aliphatic rings. The van der Waals surface area contributed by atoms with Crippen molar-refractivity contribution in [2.45, 2.75) is 47.1 Å². The molecule has 0 saturated carbocycles. The molecule has 0 radical (unpaired) electrons. The molecule has 0 aliphatic carbocycles. The number of hydrogen-bond acceptors (Lipinski definition) is 2. The Bertz CT molecular complexity index is 330. The second-order valence-electron chi connectivity index (χ2n) is 6.03. The molecule has 1 N–H and O–H groups in total. The summed E-state index contributed by atoms with van der Waals surface area (Å²) in [5.74, 6) is 2.44. The SMILES string of the molecule is CC(C)CCNCc1ccc(OCCC(C)C)cc1. The lowest BCUT2D eigenvalue weighted by Gasteiger charge is -2.10. The van der Waals surface area contributed by atoms with Crippen molar-refractivity contribution in [1.29, 1.82) is 0 Å². The first-order valence-corrected chi connectivity index (χ1v) is 7.50. The van der Waals surface area contributed by atoms with E-state index in [4.69, 9.17) is 4.74 Å². The molecule has 0 aliphatic heterocycles. The summed E-state index contributed by atoms with van der Waals surface area (Å²) >= 11 is 0. The van der Waals surface area contributed by atoms with E-state index >= 15 is 0 Å². The van der Waals surface area contributed by atoms with Crippen LogP contribution >= 0.6 is 0 Å². The van der Waals surface area contributed by atoms with E-state index in [0.29, 0.717) is 5.92 Å². The van der Waals surface area contributed by atoms with Gasteiger partial charge in [-0.2, -0.15) is 0 Å². The predicted octanol–water partition coefficient (Wildman–Crippen LogP) is 4.25. The van der Waals surface area contributed by atoms with Crippen LogP contribution in [0.15, 0.2) is 24.3 Å². The molecule has 0 heterocycles. The summed E-state index contributed by atoms with van der Waals surface area (Å²) < 4.78 is 5.71. The molecule has 108 valence electrons. The van der Waals surface area contributed by atoms with Crippen molar-refractivity contribution < 1.29 is 4.74 Å². The van der Waals surface area contributed by atoms with Gasteiger partial charge in [0.1, 0.15) is 5.75 Å². The Balaban J connectivity index is 2.23. The van der Waals surface area contributed by atoms with E-state index in [0.717, 1.165) is 37.8 Å². The van der Waals surface area contributed by atoms with Gasteiger partial charge in [0.15, 0.2) is 0 Å². The molecule has 1 aromatic carbocycles.